The van der Waals surface area contributed by atoms with Crippen molar-refractivity contribution in [3.63, 3.8) is 0 Å². The molecule has 1 aromatic carbocycles. The first-order valence-electron chi connectivity index (χ1n) is 10.8. The number of nitrogens with zero attached hydrogens (tertiary/aromatic N) is 5. The van der Waals surface area contributed by atoms with E-state index in [9.17, 15) is 18.4 Å². The number of benzene rings is 1. The van der Waals surface area contributed by atoms with E-state index in [1.807, 2.05) is 0 Å². The van der Waals surface area contributed by atoms with Crippen molar-refractivity contribution in [1.82, 2.24) is 14.5 Å². The molecule has 2 aliphatic rings. The van der Waals surface area contributed by atoms with E-state index in [4.69, 9.17) is 15.9 Å². The summed E-state index contributed by atoms with van der Waals surface area (Å²) < 4.78 is 36.3. The quantitative estimate of drug-likeness (QED) is 0.649. The number of amides is 2. The number of nitrogens with one attached hydrogen (secondary N) is 1. The van der Waals surface area contributed by atoms with Crippen molar-refractivity contribution in [1.29, 1.82) is 5.41 Å². The van der Waals surface area contributed by atoms with Crippen LogP contribution in [0.1, 0.15) is 6.42 Å². The number of cyclic esters (lactones) is 1. The van der Waals surface area contributed by atoms with Crippen LogP contribution in [0, 0.1) is 17.0 Å². The van der Waals surface area contributed by atoms with Gasteiger partial charge in [-0.1, -0.05) is 6.08 Å². The lowest BCUT2D eigenvalue weighted by Crippen LogP contribution is -2.49. The van der Waals surface area contributed by atoms with Gasteiger partial charge in [-0.2, -0.15) is 0 Å². The Morgan fingerprint density at radius 2 is 1.94 bits per heavy atom. The molecule has 2 fully saturated rings. The number of halogens is 2. The molecule has 0 bridgehead atoms. The zero-order valence-corrected chi connectivity index (χ0v) is 18.4. The van der Waals surface area contributed by atoms with Gasteiger partial charge < -0.3 is 24.8 Å². The molecule has 3 N–H and O–H groups in total. The topological polar surface area (TPSA) is 121 Å². The molecule has 0 aliphatic carbocycles. The second-order valence-electron chi connectivity index (χ2n) is 7.94. The number of carbonyl (C=O) groups excluding carboxylic acids is 2. The van der Waals surface area contributed by atoms with E-state index in [2.05, 4.69) is 4.98 Å². The fourth-order valence-electron chi connectivity index (χ4n) is 3.94. The van der Waals surface area contributed by atoms with E-state index < -0.39 is 23.8 Å². The number of carbonyl (C=O) groups is 2. The molecule has 4 rings (SSSR count). The number of ether oxygens (including phenoxy) is 1. The fraction of sp³-hybridized carbons (Fsp3) is 0.364. The highest BCUT2D eigenvalue weighted by atomic mass is 19.1. The summed E-state index contributed by atoms with van der Waals surface area (Å²) in [5.41, 5.74) is 5.59. The van der Waals surface area contributed by atoms with Gasteiger partial charge in [0.25, 0.3) is 0 Å². The fourth-order valence-corrected chi connectivity index (χ4v) is 3.94. The summed E-state index contributed by atoms with van der Waals surface area (Å²) in [7, 11) is 0. The maximum Gasteiger partial charge on any atom is 0.414 e. The molecule has 34 heavy (non-hydrogen) atoms. The molecule has 2 aliphatic heterocycles. The molecular weight excluding hydrogens is 448 g/mol. The van der Waals surface area contributed by atoms with Crippen molar-refractivity contribution in [2.75, 3.05) is 49.1 Å². The Hall–Kier alpha value is -3.80. The van der Waals surface area contributed by atoms with Gasteiger partial charge >= 0.3 is 6.09 Å². The number of aromatic nitrogens is 2. The third kappa shape index (κ3) is 4.91. The highest BCUT2D eigenvalue weighted by Crippen LogP contribution is 2.31. The largest absolute Gasteiger partial charge is 0.443 e. The van der Waals surface area contributed by atoms with Crippen LogP contribution in [0.25, 0.3) is 6.20 Å². The van der Waals surface area contributed by atoms with Crippen LogP contribution in [0.2, 0.25) is 0 Å². The van der Waals surface area contributed by atoms with Gasteiger partial charge in [0.15, 0.2) is 11.6 Å². The van der Waals surface area contributed by atoms with Gasteiger partial charge in [-0.3, -0.25) is 20.1 Å². The summed E-state index contributed by atoms with van der Waals surface area (Å²) in [6.07, 6.45) is 6.76. The van der Waals surface area contributed by atoms with E-state index in [0.29, 0.717) is 13.1 Å². The Morgan fingerprint density at radius 3 is 2.56 bits per heavy atom. The summed E-state index contributed by atoms with van der Waals surface area (Å²) >= 11 is 0. The zero-order valence-electron chi connectivity index (χ0n) is 18.4. The van der Waals surface area contributed by atoms with Crippen LogP contribution in [-0.2, 0) is 9.53 Å². The van der Waals surface area contributed by atoms with Crippen LogP contribution in [0.5, 0.6) is 0 Å². The van der Waals surface area contributed by atoms with Crippen molar-refractivity contribution < 1.29 is 23.1 Å². The molecular formula is C22H25F2N7O3. The first-order valence-corrected chi connectivity index (χ1v) is 10.8. The molecule has 180 valence electrons. The van der Waals surface area contributed by atoms with E-state index >= 15 is 0 Å². The Labute approximate surface area is 194 Å². The summed E-state index contributed by atoms with van der Waals surface area (Å²) in [6, 6.07) is 2.22. The Kier molecular flexibility index (Phi) is 6.87. The van der Waals surface area contributed by atoms with Crippen LogP contribution >= 0.6 is 0 Å². The van der Waals surface area contributed by atoms with Crippen molar-refractivity contribution in [2.24, 2.45) is 5.73 Å². The van der Waals surface area contributed by atoms with Crippen molar-refractivity contribution in [2.45, 2.75) is 12.5 Å². The maximum atomic E-state index is 14.9. The van der Waals surface area contributed by atoms with E-state index in [-0.39, 0.29) is 55.4 Å². The summed E-state index contributed by atoms with van der Waals surface area (Å²) in [5, 5.41) is 7.74. The van der Waals surface area contributed by atoms with Gasteiger partial charge in [-0.05, 0) is 0 Å². The second kappa shape index (κ2) is 10.00. The van der Waals surface area contributed by atoms with Gasteiger partial charge in [0, 0.05) is 69.9 Å². The molecule has 2 saturated heterocycles. The lowest BCUT2D eigenvalue weighted by atomic mass is 10.2. The number of nitrogens with two attached hydrogens (primary N) is 1. The summed E-state index contributed by atoms with van der Waals surface area (Å²) in [6.45, 7) is 1.41. The van der Waals surface area contributed by atoms with E-state index in [0.717, 1.165) is 17.0 Å². The Bertz CT molecular complexity index is 1140. The molecule has 1 atom stereocenters. The SMILES string of the molecule is N=c1cnccn1/C=C/CC(=O)N1CCN(c2c(F)cc(N3CC(CN)OC3=O)cc2F)CC1. The molecule has 2 amide bonds. The lowest BCUT2D eigenvalue weighted by molar-refractivity contribution is -0.130. The minimum absolute atomic E-state index is 0.0724. The molecule has 0 spiro atoms. The van der Waals surface area contributed by atoms with Crippen LogP contribution in [0.4, 0.5) is 25.0 Å². The third-order valence-corrected chi connectivity index (χ3v) is 5.75. The normalized spacial score (nSPS) is 18.6. The van der Waals surface area contributed by atoms with Crippen molar-refractivity contribution in [3.05, 3.63) is 53.9 Å². The molecule has 0 radical (unpaired) electrons. The molecule has 12 heteroatoms. The van der Waals surface area contributed by atoms with Crippen LogP contribution in [0.15, 0.2) is 36.8 Å². The average Bonchev–Trinajstić information content (AvgIpc) is 3.21. The van der Waals surface area contributed by atoms with Crippen molar-refractivity contribution in [3.8, 4) is 0 Å². The maximum absolute atomic E-state index is 14.9. The van der Waals surface area contributed by atoms with E-state index in [1.54, 1.807) is 34.5 Å². The third-order valence-electron chi connectivity index (χ3n) is 5.75. The van der Waals surface area contributed by atoms with Gasteiger partial charge in [-0.25, -0.2) is 13.6 Å². The summed E-state index contributed by atoms with van der Waals surface area (Å²) in [4.78, 5) is 32.7. The average molecular weight is 473 g/mol. The highest BCUT2D eigenvalue weighted by Gasteiger charge is 2.33. The molecule has 2 aromatic rings. The van der Waals surface area contributed by atoms with E-state index in [1.165, 1.54) is 10.8 Å². The van der Waals surface area contributed by atoms with Gasteiger partial charge in [0.2, 0.25) is 5.91 Å². The summed E-state index contributed by atoms with van der Waals surface area (Å²) in [5.74, 6) is -1.69. The predicted molar refractivity (Wildman–Crippen MR) is 120 cm³/mol. The van der Waals surface area contributed by atoms with Crippen LogP contribution in [-0.4, -0.2) is 71.8 Å². The molecule has 1 unspecified atom stereocenters. The number of hydrogen-bond donors (Lipinski definition) is 2. The number of rotatable bonds is 6. The number of hydrogen-bond acceptors (Lipinski definition) is 7. The molecule has 3 heterocycles. The number of anilines is 2. The first kappa shape index (κ1) is 23.4. The van der Waals surface area contributed by atoms with Gasteiger partial charge in [-0.15, -0.1) is 0 Å². The van der Waals surface area contributed by atoms with Crippen molar-refractivity contribution >= 4 is 29.6 Å². The number of piperazine rings is 1. The first-order chi connectivity index (χ1) is 16.4. The highest BCUT2D eigenvalue weighted by molar-refractivity contribution is 5.90. The molecule has 10 nitrogen and oxygen atoms in total. The minimum Gasteiger partial charge on any atom is -0.443 e. The van der Waals surface area contributed by atoms with Crippen LogP contribution in [0.3, 0.4) is 0 Å². The monoisotopic (exact) mass is 473 g/mol. The van der Waals surface area contributed by atoms with Crippen LogP contribution < -0.4 is 21.0 Å². The standard InChI is InChI=1S/C22H25F2N7O3/c23-17-10-15(31-14-16(12-25)34-22(31)33)11-18(24)21(17)30-8-6-29(7-9-30)20(32)2-1-4-28-5-3-27-13-19(28)26/h1,3-5,10-11,13,16,26H,2,6-9,12,14,25H2/b4-1+,26-19?. The minimum atomic E-state index is -0.790. The Balaban J connectivity index is 1.36. The molecule has 1 aromatic heterocycles. The lowest BCUT2D eigenvalue weighted by Gasteiger charge is -2.36. The van der Waals surface area contributed by atoms with Gasteiger partial charge in [0.05, 0.1) is 18.4 Å². The Morgan fingerprint density at radius 1 is 1.24 bits per heavy atom. The smallest absolute Gasteiger partial charge is 0.414 e. The zero-order chi connectivity index (χ0) is 24.2. The predicted octanol–water partition coefficient (Wildman–Crippen LogP) is 1.13. The second-order valence-corrected chi connectivity index (χ2v) is 7.94. The molecule has 0 saturated carbocycles. The van der Waals surface area contributed by atoms with Gasteiger partial charge in [0.1, 0.15) is 17.3 Å².